The maximum Gasteiger partial charge on any atom is 0.359 e. The second-order valence-electron chi connectivity index (χ2n) is 6.30. The molecule has 28 heavy (non-hydrogen) atoms. The second kappa shape index (κ2) is 8.39. The van der Waals surface area contributed by atoms with Crippen LogP contribution in [0.4, 0.5) is 4.39 Å². The van der Waals surface area contributed by atoms with Crippen LogP contribution < -0.4 is 4.74 Å². The Morgan fingerprint density at radius 1 is 1.29 bits per heavy atom. The Morgan fingerprint density at radius 2 is 2.11 bits per heavy atom. The van der Waals surface area contributed by atoms with E-state index in [1.165, 1.54) is 25.4 Å². The minimum absolute atomic E-state index is 0.150. The van der Waals surface area contributed by atoms with Crippen LogP contribution in [-0.4, -0.2) is 34.6 Å². The van der Waals surface area contributed by atoms with Crippen LogP contribution in [0.1, 0.15) is 29.7 Å². The molecule has 1 aromatic heterocycles. The number of amides is 1. The highest BCUT2D eigenvalue weighted by Gasteiger charge is 2.23. The number of pyridine rings is 1. The number of halogens is 1. The molecular formula is C20H17FN4O3. The molecule has 0 bridgehead atoms. The number of carbonyl (C=O) groups excluding carboxylic acids is 2. The molecule has 0 spiro atoms. The SMILES string of the molecule is CN1N=C(C(=O)Oc2ccc(CCc3cc(F)cc(C#N)c3)nc2)CCC1=O. The van der Waals surface area contributed by atoms with Crippen LogP contribution in [0.3, 0.4) is 0 Å². The number of carbonyl (C=O) groups is 2. The predicted octanol–water partition coefficient (Wildman–Crippen LogP) is 2.39. The standard InChI is InChI=1S/C20H17FN4O3/c1-25-19(26)7-6-18(24-25)20(27)28-17-5-4-16(23-12-17)3-2-13-8-14(11-22)10-15(21)9-13/h4-5,8-10,12H,2-3,6-7H2,1H3. The lowest BCUT2D eigenvalue weighted by molar-refractivity contribution is -0.131. The third kappa shape index (κ3) is 4.76. The van der Waals surface area contributed by atoms with Crippen molar-refractivity contribution < 1.29 is 18.7 Å². The molecule has 1 aromatic carbocycles. The number of esters is 1. The molecule has 3 rings (SSSR count). The Labute approximate surface area is 161 Å². The Balaban J connectivity index is 1.59. The summed E-state index contributed by atoms with van der Waals surface area (Å²) in [6, 6.07) is 9.49. The van der Waals surface area contributed by atoms with Gasteiger partial charge in [-0.1, -0.05) is 0 Å². The molecule has 0 saturated heterocycles. The highest BCUT2D eigenvalue weighted by molar-refractivity contribution is 6.37. The van der Waals surface area contributed by atoms with Gasteiger partial charge in [-0.25, -0.2) is 14.2 Å². The van der Waals surface area contributed by atoms with Gasteiger partial charge in [0.2, 0.25) is 5.91 Å². The fraction of sp³-hybridized carbons (Fsp3) is 0.250. The maximum atomic E-state index is 13.5. The number of aryl methyl sites for hydroxylation is 2. The summed E-state index contributed by atoms with van der Waals surface area (Å²) in [6.45, 7) is 0. The topological polar surface area (TPSA) is 95.7 Å². The molecular weight excluding hydrogens is 363 g/mol. The maximum absolute atomic E-state index is 13.5. The lowest BCUT2D eigenvalue weighted by Gasteiger charge is -2.18. The van der Waals surface area contributed by atoms with E-state index >= 15 is 0 Å². The monoisotopic (exact) mass is 380 g/mol. The highest BCUT2D eigenvalue weighted by atomic mass is 19.1. The number of hydrogen-bond donors (Lipinski definition) is 0. The van der Waals surface area contributed by atoms with Gasteiger partial charge in [0, 0.05) is 25.6 Å². The zero-order valence-corrected chi connectivity index (χ0v) is 15.2. The Morgan fingerprint density at radius 3 is 2.79 bits per heavy atom. The van der Waals surface area contributed by atoms with Crippen LogP contribution in [0.2, 0.25) is 0 Å². The minimum Gasteiger partial charge on any atom is -0.420 e. The largest absolute Gasteiger partial charge is 0.420 e. The predicted molar refractivity (Wildman–Crippen MR) is 97.8 cm³/mol. The van der Waals surface area contributed by atoms with Crippen molar-refractivity contribution in [1.82, 2.24) is 9.99 Å². The molecule has 0 aliphatic carbocycles. The highest BCUT2D eigenvalue weighted by Crippen LogP contribution is 2.15. The van der Waals surface area contributed by atoms with Gasteiger partial charge in [0.05, 0.1) is 17.8 Å². The normalized spacial score (nSPS) is 13.7. The quantitative estimate of drug-likeness (QED) is 0.742. The summed E-state index contributed by atoms with van der Waals surface area (Å²) in [5.74, 6) is -0.934. The average Bonchev–Trinajstić information content (AvgIpc) is 2.69. The van der Waals surface area contributed by atoms with Crippen LogP contribution in [0.15, 0.2) is 41.6 Å². The van der Waals surface area contributed by atoms with E-state index in [0.29, 0.717) is 18.4 Å². The fourth-order valence-electron chi connectivity index (χ4n) is 2.73. The van der Waals surface area contributed by atoms with Crippen LogP contribution in [0.25, 0.3) is 0 Å². The zero-order valence-electron chi connectivity index (χ0n) is 15.2. The van der Waals surface area contributed by atoms with Crippen LogP contribution in [0, 0.1) is 17.1 Å². The summed E-state index contributed by atoms with van der Waals surface area (Å²) in [5, 5.41) is 13.9. The lowest BCUT2D eigenvalue weighted by atomic mass is 10.1. The molecule has 142 valence electrons. The number of hydrogen-bond acceptors (Lipinski definition) is 6. The Kier molecular flexibility index (Phi) is 5.75. The van der Waals surface area contributed by atoms with Gasteiger partial charge in [0.15, 0.2) is 0 Å². The van der Waals surface area contributed by atoms with Gasteiger partial charge >= 0.3 is 5.97 Å². The van der Waals surface area contributed by atoms with Crippen LogP contribution in [0.5, 0.6) is 5.75 Å². The van der Waals surface area contributed by atoms with Gasteiger partial charge in [-0.3, -0.25) is 9.78 Å². The van der Waals surface area contributed by atoms with Crippen LogP contribution in [-0.2, 0) is 22.4 Å². The molecule has 1 aliphatic heterocycles. The molecule has 2 aromatic rings. The van der Waals surface area contributed by atoms with Crippen molar-refractivity contribution >= 4 is 17.6 Å². The fourth-order valence-corrected chi connectivity index (χ4v) is 2.73. The van der Waals surface area contributed by atoms with Crippen molar-refractivity contribution in [3.63, 3.8) is 0 Å². The van der Waals surface area contributed by atoms with Crippen molar-refractivity contribution in [2.75, 3.05) is 7.05 Å². The Bertz CT molecular complexity index is 980. The van der Waals surface area contributed by atoms with Gasteiger partial charge in [-0.2, -0.15) is 10.4 Å². The van der Waals surface area contributed by atoms with Gasteiger partial charge in [0.1, 0.15) is 17.3 Å². The van der Waals surface area contributed by atoms with E-state index in [1.807, 2.05) is 6.07 Å². The van der Waals surface area contributed by atoms with E-state index in [9.17, 15) is 14.0 Å². The summed E-state index contributed by atoms with van der Waals surface area (Å²) in [6.07, 6.45) is 2.96. The van der Waals surface area contributed by atoms with Gasteiger partial charge in [-0.15, -0.1) is 0 Å². The molecule has 0 saturated carbocycles. The van der Waals surface area contributed by atoms with Crippen molar-refractivity contribution in [3.05, 3.63) is 59.2 Å². The molecule has 0 N–H and O–H groups in total. The molecule has 1 amide bonds. The van der Waals surface area contributed by atoms with E-state index in [2.05, 4.69) is 10.1 Å². The number of ether oxygens (including phenoxy) is 1. The zero-order chi connectivity index (χ0) is 20.1. The number of nitriles is 1. The van der Waals surface area contributed by atoms with E-state index in [-0.39, 0.29) is 35.8 Å². The molecule has 0 atom stereocenters. The summed E-state index contributed by atoms with van der Waals surface area (Å²) in [7, 11) is 1.49. The summed E-state index contributed by atoms with van der Waals surface area (Å²) < 4.78 is 18.7. The first kappa shape index (κ1) is 19.2. The summed E-state index contributed by atoms with van der Waals surface area (Å²) in [5.41, 5.74) is 1.92. The molecule has 0 unspecified atom stereocenters. The number of rotatable bonds is 5. The second-order valence-corrected chi connectivity index (χ2v) is 6.30. The Hall–Kier alpha value is -3.60. The number of benzene rings is 1. The molecule has 7 nitrogen and oxygen atoms in total. The average molecular weight is 380 g/mol. The first-order valence-electron chi connectivity index (χ1n) is 8.65. The van der Waals surface area contributed by atoms with Crippen molar-refractivity contribution in [2.24, 2.45) is 5.10 Å². The van der Waals surface area contributed by atoms with E-state index < -0.39 is 11.8 Å². The number of hydrazone groups is 1. The third-order valence-electron chi connectivity index (χ3n) is 4.21. The van der Waals surface area contributed by atoms with Gasteiger partial charge < -0.3 is 4.74 Å². The molecule has 8 heteroatoms. The van der Waals surface area contributed by atoms with E-state index in [4.69, 9.17) is 10.00 Å². The van der Waals surface area contributed by atoms with Gasteiger partial charge in [0.25, 0.3) is 0 Å². The van der Waals surface area contributed by atoms with Gasteiger partial charge in [-0.05, 0) is 48.7 Å². The summed E-state index contributed by atoms with van der Waals surface area (Å²) in [4.78, 5) is 27.8. The number of aromatic nitrogens is 1. The third-order valence-corrected chi connectivity index (χ3v) is 4.21. The van der Waals surface area contributed by atoms with Crippen molar-refractivity contribution in [3.8, 4) is 11.8 Å². The molecule has 2 heterocycles. The summed E-state index contributed by atoms with van der Waals surface area (Å²) >= 11 is 0. The number of nitrogens with zero attached hydrogens (tertiary/aromatic N) is 4. The molecule has 1 aliphatic rings. The smallest absolute Gasteiger partial charge is 0.359 e. The van der Waals surface area contributed by atoms with Crippen molar-refractivity contribution in [1.29, 1.82) is 5.26 Å². The van der Waals surface area contributed by atoms with E-state index in [1.54, 1.807) is 18.2 Å². The lowest BCUT2D eigenvalue weighted by Crippen LogP contribution is -2.33. The first-order chi connectivity index (χ1) is 13.4. The molecule has 0 radical (unpaired) electrons. The van der Waals surface area contributed by atoms with E-state index in [0.717, 1.165) is 10.7 Å². The molecule has 0 fully saturated rings. The van der Waals surface area contributed by atoms with Crippen LogP contribution >= 0.6 is 0 Å². The minimum atomic E-state index is -0.613. The first-order valence-corrected chi connectivity index (χ1v) is 8.65. The van der Waals surface area contributed by atoms with Crippen molar-refractivity contribution in [2.45, 2.75) is 25.7 Å².